The highest BCUT2D eigenvalue weighted by atomic mass is 16.5. The van der Waals surface area contributed by atoms with Gasteiger partial charge in [0.2, 0.25) is 0 Å². The number of carbonyl (C=O) groups excluding carboxylic acids is 2. The van der Waals surface area contributed by atoms with E-state index in [0.717, 1.165) is 16.7 Å². The Labute approximate surface area is 240 Å². The maximum Gasteiger partial charge on any atom is 0.338 e. The van der Waals surface area contributed by atoms with E-state index in [4.69, 9.17) is 14.2 Å². The molecule has 4 aromatic rings. The highest BCUT2D eigenvalue weighted by molar-refractivity contribution is 5.95. The quantitative estimate of drug-likeness (QED) is 0.227. The van der Waals surface area contributed by atoms with E-state index in [1.54, 1.807) is 31.1 Å². The Morgan fingerprint density at radius 1 is 0.780 bits per heavy atom. The van der Waals surface area contributed by atoms with Crippen molar-refractivity contribution >= 4 is 12.0 Å². The molecule has 1 atom stereocenters. The second-order valence-electron chi connectivity index (χ2n) is 9.70. The molecule has 1 heterocycles. The summed E-state index contributed by atoms with van der Waals surface area (Å²) >= 11 is 0. The number of rotatable bonds is 10. The molecule has 208 valence electrons. The normalized spacial score (nSPS) is 14.8. The van der Waals surface area contributed by atoms with Gasteiger partial charge < -0.3 is 19.5 Å². The minimum absolute atomic E-state index is 0.116. The molecule has 1 N–H and O–H groups in total. The molecule has 7 nitrogen and oxygen atoms in total. The van der Waals surface area contributed by atoms with E-state index < -0.39 is 12.0 Å². The van der Waals surface area contributed by atoms with Crippen LogP contribution in [-0.4, -0.2) is 24.0 Å². The molecule has 1 aliphatic heterocycles. The molecule has 0 spiro atoms. The molecule has 1 aliphatic rings. The summed E-state index contributed by atoms with van der Waals surface area (Å²) in [5.74, 6) is 0.550. The molecular weight excluding hydrogens is 516 g/mol. The van der Waals surface area contributed by atoms with Crippen LogP contribution in [0.2, 0.25) is 0 Å². The van der Waals surface area contributed by atoms with Crippen molar-refractivity contribution in [3.05, 3.63) is 143 Å². The second-order valence-corrected chi connectivity index (χ2v) is 9.70. The van der Waals surface area contributed by atoms with Crippen LogP contribution in [0.25, 0.3) is 0 Å². The van der Waals surface area contributed by atoms with Gasteiger partial charge in [-0.25, -0.2) is 9.59 Å². The van der Waals surface area contributed by atoms with E-state index >= 15 is 0 Å². The smallest absolute Gasteiger partial charge is 0.338 e. The summed E-state index contributed by atoms with van der Waals surface area (Å²) in [5.41, 5.74) is 4.41. The van der Waals surface area contributed by atoms with Crippen LogP contribution in [0.15, 0.2) is 120 Å². The van der Waals surface area contributed by atoms with Gasteiger partial charge in [0.15, 0.2) is 11.5 Å². The van der Waals surface area contributed by atoms with Crippen molar-refractivity contribution in [3.8, 4) is 11.5 Å². The minimum atomic E-state index is -0.741. The lowest BCUT2D eigenvalue weighted by Crippen LogP contribution is -2.47. The molecule has 5 rings (SSSR count). The molecule has 0 saturated heterocycles. The van der Waals surface area contributed by atoms with Crippen LogP contribution in [0.3, 0.4) is 0 Å². The zero-order valence-electron chi connectivity index (χ0n) is 23.1. The van der Waals surface area contributed by atoms with E-state index in [2.05, 4.69) is 5.32 Å². The summed E-state index contributed by atoms with van der Waals surface area (Å²) in [6.07, 6.45) is 0. The fourth-order valence-corrected chi connectivity index (χ4v) is 4.77. The monoisotopic (exact) mass is 548 g/mol. The first kappa shape index (κ1) is 27.5. The molecule has 2 amide bonds. The fraction of sp³-hybridized carbons (Fsp3) is 0.176. The Hall–Kier alpha value is -5.04. The Kier molecular flexibility index (Phi) is 8.64. The second kappa shape index (κ2) is 12.9. The third kappa shape index (κ3) is 6.58. The summed E-state index contributed by atoms with van der Waals surface area (Å²) in [6.45, 7) is 2.59. The molecule has 0 unspecified atom stereocenters. The van der Waals surface area contributed by atoms with Crippen LogP contribution >= 0.6 is 0 Å². The van der Waals surface area contributed by atoms with Gasteiger partial charge in [0.05, 0.1) is 25.3 Å². The lowest BCUT2D eigenvalue weighted by atomic mass is 9.94. The van der Waals surface area contributed by atoms with E-state index in [0.29, 0.717) is 41.5 Å². The van der Waals surface area contributed by atoms with Crippen LogP contribution in [-0.2, 0) is 29.3 Å². The number of benzene rings is 4. The number of amides is 2. The first-order valence-electron chi connectivity index (χ1n) is 13.4. The number of esters is 1. The zero-order chi connectivity index (χ0) is 28.6. The lowest BCUT2D eigenvalue weighted by Gasteiger charge is -2.35. The maximum absolute atomic E-state index is 13.6. The number of carbonyl (C=O) groups is 2. The Bertz CT molecular complexity index is 1520. The molecule has 0 bridgehead atoms. The van der Waals surface area contributed by atoms with Crippen molar-refractivity contribution in [2.45, 2.75) is 32.7 Å². The van der Waals surface area contributed by atoms with Crippen molar-refractivity contribution in [1.82, 2.24) is 10.2 Å². The van der Waals surface area contributed by atoms with Gasteiger partial charge >= 0.3 is 12.0 Å². The summed E-state index contributed by atoms with van der Waals surface area (Å²) in [6, 6.07) is 33.4. The first-order chi connectivity index (χ1) is 20.0. The van der Waals surface area contributed by atoms with E-state index in [-0.39, 0.29) is 12.6 Å². The van der Waals surface area contributed by atoms with E-state index in [1.807, 2.05) is 97.1 Å². The molecule has 41 heavy (non-hydrogen) atoms. The van der Waals surface area contributed by atoms with Gasteiger partial charge in [0.25, 0.3) is 0 Å². The zero-order valence-corrected chi connectivity index (χ0v) is 23.1. The molecule has 0 aliphatic carbocycles. The van der Waals surface area contributed by atoms with Crippen molar-refractivity contribution < 1.29 is 23.8 Å². The van der Waals surface area contributed by atoms with Gasteiger partial charge in [0.1, 0.15) is 13.2 Å². The van der Waals surface area contributed by atoms with Crippen LogP contribution in [0.1, 0.15) is 35.2 Å². The van der Waals surface area contributed by atoms with Gasteiger partial charge in [-0.3, -0.25) is 4.90 Å². The average molecular weight is 549 g/mol. The van der Waals surface area contributed by atoms with Gasteiger partial charge in [-0.05, 0) is 41.3 Å². The number of nitrogens with one attached hydrogen (secondary N) is 1. The summed E-state index contributed by atoms with van der Waals surface area (Å²) in [7, 11) is 1.56. The highest BCUT2D eigenvalue weighted by Crippen LogP contribution is 2.37. The summed E-state index contributed by atoms with van der Waals surface area (Å²) in [5, 5.41) is 3.02. The van der Waals surface area contributed by atoms with Gasteiger partial charge in [0, 0.05) is 5.70 Å². The van der Waals surface area contributed by atoms with Crippen LogP contribution in [0, 0.1) is 0 Å². The summed E-state index contributed by atoms with van der Waals surface area (Å²) < 4.78 is 17.4. The summed E-state index contributed by atoms with van der Waals surface area (Å²) in [4.78, 5) is 28.6. The Morgan fingerprint density at radius 2 is 1.37 bits per heavy atom. The molecular formula is C34H32N2O5. The van der Waals surface area contributed by atoms with Crippen LogP contribution in [0.5, 0.6) is 11.5 Å². The van der Waals surface area contributed by atoms with Crippen molar-refractivity contribution in [2.75, 3.05) is 7.11 Å². The molecule has 0 fully saturated rings. The number of allylic oxidation sites excluding steroid dienone is 1. The van der Waals surface area contributed by atoms with Crippen LogP contribution < -0.4 is 14.8 Å². The Balaban J connectivity index is 1.45. The van der Waals surface area contributed by atoms with Crippen LogP contribution in [0.4, 0.5) is 4.79 Å². The van der Waals surface area contributed by atoms with Crippen molar-refractivity contribution in [1.29, 1.82) is 0 Å². The fourth-order valence-electron chi connectivity index (χ4n) is 4.77. The molecule has 4 aromatic carbocycles. The van der Waals surface area contributed by atoms with Crippen molar-refractivity contribution in [3.63, 3.8) is 0 Å². The molecule has 0 aromatic heterocycles. The minimum Gasteiger partial charge on any atom is -0.493 e. The largest absolute Gasteiger partial charge is 0.493 e. The van der Waals surface area contributed by atoms with Gasteiger partial charge in [-0.15, -0.1) is 0 Å². The number of hydrogen-bond donors (Lipinski definition) is 1. The predicted molar refractivity (Wildman–Crippen MR) is 156 cm³/mol. The van der Waals surface area contributed by atoms with Gasteiger partial charge in [-0.2, -0.15) is 0 Å². The third-order valence-electron chi connectivity index (χ3n) is 6.97. The average Bonchev–Trinajstić information content (AvgIpc) is 3.02. The number of methoxy groups -OCH3 is 1. The molecule has 0 saturated carbocycles. The topological polar surface area (TPSA) is 77.1 Å². The van der Waals surface area contributed by atoms with E-state index in [9.17, 15) is 9.59 Å². The molecule has 7 heteroatoms. The SMILES string of the molecule is COc1cc([C@H]2NC(=O)N(Cc3ccccc3)C(C)=C2C(=O)OCc2ccccc2)ccc1OCc1ccccc1. The number of nitrogens with zero attached hydrogens (tertiary/aromatic N) is 1. The number of urea groups is 1. The first-order valence-corrected chi connectivity index (χ1v) is 13.4. The third-order valence-corrected chi connectivity index (χ3v) is 6.97. The highest BCUT2D eigenvalue weighted by Gasteiger charge is 2.37. The standard InChI is InChI=1S/C34H32N2O5/c1-24-31(33(37)41-23-27-16-10-5-11-17-27)32(35-34(38)36(24)21-25-12-6-3-7-13-25)28-18-19-29(30(20-28)39-2)40-22-26-14-8-4-9-15-26/h3-20,32H,21-23H2,1-2H3,(H,35,38)/t32-/m1/s1. The predicted octanol–water partition coefficient (Wildman–Crippen LogP) is 6.56. The molecule has 0 radical (unpaired) electrons. The lowest BCUT2D eigenvalue weighted by molar-refractivity contribution is -0.141. The number of ether oxygens (including phenoxy) is 3. The number of hydrogen-bond acceptors (Lipinski definition) is 5. The van der Waals surface area contributed by atoms with E-state index in [1.165, 1.54) is 0 Å². The van der Waals surface area contributed by atoms with Gasteiger partial charge in [-0.1, -0.05) is 97.1 Å². The maximum atomic E-state index is 13.6. The Morgan fingerprint density at radius 3 is 1.98 bits per heavy atom. The van der Waals surface area contributed by atoms with Crippen molar-refractivity contribution in [2.24, 2.45) is 0 Å².